The molecule has 0 fully saturated rings. The molecular weight excluding hydrogens is 441 g/mol. The first kappa shape index (κ1) is 20.1. The molecule has 0 atom stereocenters. The highest BCUT2D eigenvalue weighted by molar-refractivity contribution is 14.0. The lowest BCUT2D eigenvalue weighted by Gasteiger charge is -2.13. The molecule has 2 aromatic heterocycles. The summed E-state index contributed by atoms with van der Waals surface area (Å²) < 4.78 is 2.05. The molecule has 2 heterocycles. The summed E-state index contributed by atoms with van der Waals surface area (Å²) in [5.74, 6) is 1.76. The van der Waals surface area contributed by atoms with Gasteiger partial charge in [-0.15, -0.1) is 34.2 Å². The number of hydrogen-bond donors (Lipinski definition) is 2. The van der Waals surface area contributed by atoms with Gasteiger partial charge in [-0.2, -0.15) is 0 Å². The maximum absolute atomic E-state index is 4.48. The summed E-state index contributed by atoms with van der Waals surface area (Å²) in [7, 11) is 1.77. The fourth-order valence-electron chi connectivity index (χ4n) is 2.74. The largest absolute Gasteiger partial charge is 0.355 e. The molecule has 138 valence electrons. The molecule has 3 rings (SSSR count). The number of aromatic nitrogens is 4. The molecule has 0 spiro atoms. The molecule has 0 saturated heterocycles. The van der Waals surface area contributed by atoms with Crippen molar-refractivity contribution in [3.8, 4) is 0 Å². The quantitative estimate of drug-likeness (QED) is 0.332. The van der Waals surface area contributed by atoms with Gasteiger partial charge in [0.05, 0.1) is 5.52 Å². The Morgan fingerprint density at radius 3 is 2.85 bits per heavy atom. The van der Waals surface area contributed by atoms with Gasteiger partial charge >= 0.3 is 0 Å². The van der Waals surface area contributed by atoms with Gasteiger partial charge in [-0.3, -0.25) is 9.98 Å². The number of aryl methyl sites for hydroxylation is 1. The Kier molecular flexibility index (Phi) is 7.76. The van der Waals surface area contributed by atoms with Gasteiger partial charge in [-0.1, -0.05) is 31.2 Å². The van der Waals surface area contributed by atoms with E-state index >= 15 is 0 Å². The Hall–Kier alpha value is -2.23. The van der Waals surface area contributed by atoms with E-state index in [2.05, 4.69) is 66.6 Å². The molecule has 26 heavy (non-hydrogen) atoms. The molecule has 3 aromatic rings. The van der Waals surface area contributed by atoms with Crippen LogP contribution in [-0.4, -0.2) is 39.3 Å². The summed E-state index contributed by atoms with van der Waals surface area (Å²) >= 11 is 0. The van der Waals surface area contributed by atoms with E-state index in [1.165, 1.54) is 0 Å². The molecule has 1 aromatic carbocycles. The van der Waals surface area contributed by atoms with E-state index in [4.69, 9.17) is 0 Å². The summed E-state index contributed by atoms with van der Waals surface area (Å²) in [5, 5.41) is 15.8. The van der Waals surface area contributed by atoms with Crippen molar-refractivity contribution < 1.29 is 0 Å². The summed E-state index contributed by atoms with van der Waals surface area (Å²) in [6.45, 7) is 4.29. The smallest absolute Gasteiger partial charge is 0.191 e. The number of nitrogens with zero attached hydrogens (tertiary/aromatic N) is 5. The van der Waals surface area contributed by atoms with Crippen molar-refractivity contribution in [2.45, 2.75) is 26.4 Å². The van der Waals surface area contributed by atoms with Gasteiger partial charge in [0.2, 0.25) is 0 Å². The van der Waals surface area contributed by atoms with E-state index in [-0.39, 0.29) is 24.0 Å². The second kappa shape index (κ2) is 10.0. The average Bonchev–Trinajstić information content (AvgIpc) is 3.12. The van der Waals surface area contributed by atoms with E-state index in [0.29, 0.717) is 6.54 Å². The van der Waals surface area contributed by atoms with Crippen LogP contribution in [0.2, 0.25) is 0 Å². The van der Waals surface area contributed by atoms with Crippen LogP contribution in [0.1, 0.15) is 18.3 Å². The molecule has 2 N–H and O–H groups in total. The number of halogens is 1. The van der Waals surface area contributed by atoms with Crippen molar-refractivity contribution in [3.63, 3.8) is 0 Å². The highest BCUT2D eigenvalue weighted by Crippen LogP contribution is 2.15. The average molecular weight is 465 g/mol. The first-order valence-corrected chi connectivity index (χ1v) is 8.45. The highest BCUT2D eigenvalue weighted by Gasteiger charge is 2.04. The van der Waals surface area contributed by atoms with Gasteiger partial charge in [0.25, 0.3) is 0 Å². The number of hydrogen-bond acceptors (Lipinski definition) is 4. The van der Waals surface area contributed by atoms with Crippen molar-refractivity contribution in [2.24, 2.45) is 4.99 Å². The Labute approximate surface area is 170 Å². The zero-order valence-corrected chi connectivity index (χ0v) is 17.3. The fourth-order valence-corrected chi connectivity index (χ4v) is 2.74. The lowest BCUT2D eigenvalue weighted by Crippen LogP contribution is -2.38. The Balaban J connectivity index is 0.00000243. The molecule has 0 amide bonds. The van der Waals surface area contributed by atoms with Crippen LogP contribution in [0.3, 0.4) is 0 Å². The van der Waals surface area contributed by atoms with Crippen LogP contribution < -0.4 is 10.6 Å². The second-order valence-corrected chi connectivity index (χ2v) is 5.64. The Morgan fingerprint density at radius 2 is 2.04 bits per heavy atom. The molecule has 7 nitrogen and oxygen atoms in total. The topological polar surface area (TPSA) is 80.0 Å². The van der Waals surface area contributed by atoms with Crippen LogP contribution in [0.5, 0.6) is 0 Å². The Morgan fingerprint density at radius 1 is 1.19 bits per heavy atom. The molecule has 0 aliphatic carbocycles. The van der Waals surface area contributed by atoms with Crippen molar-refractivity contribution in [1.29, 1.82) is 0 Å². The van der Waals surface area contributed by atoms with Gasteiger partial charge in [0.1, 0.15) is 12.2 Å². The van der Waals surface area contributed by atoms with Crippen LogP contribution in [0, 0.1) is 0 Å². The van der Waals surface area contributed by atoms with Gasteiger partial charge < -0.3 is 15.2 Å². The summed E-state index contributed by atoms with van der Waals surface area (Å²) in [4.78, 5) is 8.76. The number of fused-ring (bicyclic) bond motifs is 1. The molecule has 0 saturated carbocycles. The zero-order chi connectivity index (χ0) is 17.5. The number of pyridine rings is 1. The molecule has 8 heteroatoms. The standard InChI is InChI=1S/C18H23N7.HI/c1-3-16-24-23-13-25(16)11-10-21-18(19-2)22-12-15-7-4-6-14-8-5-9-20-17(14)15;/h4-9,13H,3,10-12H2,1-2H3,(H2,19,21,22);1H. The number of para-hydroxylation sites is 1. The monoisotopic (exact) mass is 465 g/mol. The van der Waals surface area contributed by atoms with Crippen molar-refractivity contribution >= 4 is 40.8 Å². The molecular formula is C18H24IN7. The van der Waals surface area contributed by atoms with E-state index in [1.807, 2.05) is 12.3 Å². The molecule has 0 aliphatic rings. The first-order chi connectivity index (χ1) is 12.3. The molecule has 0 radical (unpaired) electrons. The third-order valence-electron chi connectivity index (χ3n) is 4.04. The van der Waals surface area contributed by atoms with Crippen LogP contribution in [-0.2, 0) is 19.5 Å². The van der Waals surface area contributed by atoms with Gasteiger partial charge in [-0.05, 0) is 11.6 Å². The maximum atomic E-state index is 4.48. The van der Waals surface area contributed by atoms with E-state index in [9.17, 15) is 0 Å². The van der Waals surface area contributed by atoms with Crippen LogP contribution in [0.25, 0.3) is 10.9 Å². The first-order valence-electron chi connectivity index (χ1n) is 8.45. The lowest BCUT2D eigenvalue weighted by atomic mass is 10.1. The number of benzene rings is 1. The van der Waals surface area contributed by atoms with Gasteiger partial charge in [-0.25, -0.2) is 0 Å². The molecule has 0 unspecified atom stereocenters. The fraction of sp³-hybridized carbons (Fsp3) is 0.333. The predicted molar refractivity (Wildman–Crippen MR) is 115 cm³/mol. The third-order valence-corrected chi connectivity index (χ3v) is 4.04. The van der Waals surface area contributed by atoms with E-state index in [0.717, 1.165) is 47.8 Å². The number of aliphatic imine (C=N–C) groups is 1. The minimum absolute atomic E-state index is 0. The summed E-state index contributed by atoms with van der Waals surface area (Å²) in [5.41, 5.74) is 2.16. The second-order valence-electron chi connectivity index (χ2n) is 5.64. The number of rotatable bonds is 6. The SMILES string of the molecule is CCc1nncn1CCNC(=NC)NCc1cccc2cccnc12.I. The van der Waals surface area contributed by atoms with E-state index < -0.39 is 0 Å². The molecule has 0 bridgehead atoms. The van der Waals surface area contributed by atoms with Crippen molar-refractivity contribution in [3.05, 3.63) is 54.2 Å². The van der Waals surface area contributed by atoms with Crippen molar-refractivity contribution in [2.75, 3.05) is 13.6 Å². The maximum Gasteiger partial charge on any atom is 0.191 e. The van der Waals surface area contributed by atoms with E-state index in [1.54, 1.807) is 13.4 Å². The zero-order valence-electron chi connectivity index (χ0n) is 15.0. The normalized spacial score (nSPS) is 11.2. The number of nitrogens with one attached hydrogen (secondary N) is 2. The van der Waals surface area contributed by atoms with Crippen LogP contribution in [0.15, 0.2) is 47.8 Å². The minimum Gasteiger partial charge on any atom is -0.355 e. The third kappa shape index (κ3) is 4.90. The summed E-state index contributed by atoms with van der Waals surface area (Å²) in [6.07, 6.45) is 4.46. The van der Waals surface area contributed by atoms with Crippen LogP contribution >= 0.6 is 24.0 Å². The van der Waals surface area contributed by atoms with Gasteiger partial charge in [0.15, 0.2) is 5.96 Å². The summed E-state index contributed by atoms with van der Waals surface area (Å²) in [6, 6.07) is 10.2. The highest BCUT2D eigenvalue weighted by atomic mass is 127. The lowest BCUT2D eigenvalue weighted by molar-refractivity contribution is 0.632. The van der Waals surface area contributed by atoms with Crippen LogP contribution in [0.4, 0.5) is 0 Å². The minimum atomic E-state index is 0. The molecule has 0 aliphatic heterocycles. The van der Waals surface area contributed by atoms with Gasteiger partial charge in [0, 0.05) is 44.7 Å². The van der Waals surface area contributed by atoms with Crippen molar-refractivity contribution in [1.82, 2.24) is 30.4 Å². The Bertz CT molecular complexity index is 854. The number of guanidine groups is 1. The predicted octanol–water partition coefficient (Wildman–Crippen LogP) is 2.37.